The first kappa shape index (κ1) is 14.0. The molecular formula is C14H12BrFIN. The molecule has 0 radical (unpaired) electrons. The third-order valence-corrected chi connectivity index (χ3v) is 4.24. The average molecular weight is 420 g/mol. The van der Waals surface area contributed by atoms with Crippen molar-refractivity contribution in [2.24, 2.45) is 5.73 Å². The Kier molecular flexibility index (Phi) is 4.75. The molecule has 18 heavy (non-hydrogen) atoms. The van der Waals surface area contributed by atoms with E-state index < -0.39 is 0 Å². The topological polar surface area (TPSA) is 26.0 Å². The number of halogens is 3. The minimum atomic E-state index is -0.233. The van der Waals surface area contributed by atoms with Gasteiger partial charge in [-0.15, -0.1) is 0 Å². The molecule has 2 aromatic carbocycles. The van der Waals surface area contributed by atoms with E-state index in [0.717, 1.165) is 15.6 Å². The third-order valence-electron chi connectivity index (χ3n) is 2.75. The summed E-state index contributed by atoms with van der Waals surface area (Å²) in [7, 11) is 0. The summed E-state index contributed by atoms with van der Waals surface area (Å²) in [6.07, 6.45) is 0.610. The molecule has 0 aliphatic rings. The van der Waals surface area contributed by atoms with Gasteiger partial charge in [0.2, 0.25) is 0 Å². The first-order valence-corrected chi connectivity index (χ1v) is 7.38. The maximum atomic E-state index is 13.2. The van der Waals surface area contributed by atoms with Crippen LogP contribution >= 0.6 is 38.5 Å². The molecule has 94 valence electrons. The van der Waals surface area contributed by atoms with Gasteiger partial charge in [-0.25, -0.2) is 4.39 Å². The number of nitrogens with two attached hydrogens (primary N) is 1. The molecule has 0 fully saturated rings. The highest BCUT2D eigenvalue weighted by Gasteiger charge is 2.10. The Hall–Kier alpha value is -0.460. The maximum absolute atomic E-state index is 13.2. The van der Waals surface area contributed by atoms with Crippen molar-refractivity contribution in [3.8, 4) is 0 Å². The molecule has 2 rings (SSSR count). The van der Waals surface area contributed by atoms with Gasteiger partial charge in [0, 0.05) is 14.1 Å². The second-order valence-electron chi connectivity index (χ2n) is 4.10. The van der Waals surface area contributed by atoms with Gasteiger partial charge in [0.05, 0.1) is 0 Å². The SMILES string of the molecule is NC(Cc1cc(F)ccc1Br)c1ccc(I)cc1. The van der Waals surface area contributed by atoms with Crippen LogP contribution < -0.4 is 5.73 Å². The Labute approximate surface area is 128 Å². The summed E-state index contributed by atoms with van der Waals surface area (Å²) in [5.41, 5.74) is 8.10. The van der Waals surface area contributed by atoms with Crippen LogP contribution in [0.4, 0.5) is 4.39 Å². The van der Waals surface area contributed by atoms with E-state index in [1.807, 2.05) is 24.3 Å². The molecule has 4 heteroatoms. The highest BCUT2D eigenvalue weighted by molar-refractivity contribution is 14.1. The van der Waals surface area contributed by atoms with E-state index in [4.69, 9.17) is 5.73 Å². The third kappa shape index (κ3) is 3.52. The normalized spacial score (nSPS) is 12.4. The van der Waals surface area contributed by atoms with E-state index in [1.165, 1.54) is 15.7 Å². The van der Waals surface area contributed by atoms with Crippen molar-refractivity contribution in [3.05, 3.63) is 67.5 Å². The van der Waals surface area contributed by atoms with Crippen LogP contribution in [0.25, 0.3) is 0 Å². The smallest absolute Gasteiger partial charge is 0.123 e. The van der Waals surface area contributed by atoms with Crippen molar-refractivity contribution in [2.75, 3.05) is 0 Å². The van der Waals surface area contributed by atoms with E-state index in [9.17, 15) is 4.39 Å². The summed E-state index contributed by atoms with van der Waals surface area (Å²) in [5, 5.41) is 0. The predicted octanol–water partition coefficient (Wildman–Crippen LogP) is 4.44. The Morgan fingerprint density at radius 1 is 1.17 bits per heavy atom. The van der Waals surface area contributed by atoms with Crippen molar-refractivity contribution in [1.82, 2.24) is 0 Å². The zero-order valence-electron chi connectivity index (χ0n) is 9.54. The monoisotopic (exact) mass is 419 g/mol. The first-order chi connectivity index (χ1) is 8.56. The van der Waals surface area contributed by atoms with Gasteiger partial charge in [-0.05, 0) is 70.5 Å². The zero-order chi connectivity index (χ0) is 13.1. The van der Waals surface area contributed by atoms with Gasteiger partial charge in [0.15, 0.2) is 0 Å². The lowest BCUT2D eigenvalue weighted by molar-refractivity contribution is 0.621. The molecule has 0 aliphatic carbocycles. The van der Waals surface area contributed by atoms with Crippen molar-refractivity contribution in [1.29, 1.82) is 0 Å². The fourth-order valence-electron chi connectivity index (χ4n) is 1.76. The minimum absolute atomic E-state index is 0.125. The highest BCUT2D eigenvalue weighted by Crippen LogP contribution is 2.23. The number of hydrogen-bond donors (Lipinski definition) is 1. The summed E-state index contributed by atoms with van der Waals surface area (Å²) in [6, 6.07) is 12.6. The van der Waals surface area contributed by atoms with Crippen LogP contribution in [-0.4, -0.2) is 0 Å². The standard InChI is InChI=1S/C14H12BrFIN/c15-13-6-3-11(16)7-10(13)8-14(18)9-1-4-12(17)5-2-9/h1-7,14H,8,18H2. The van der Waals surface area contributed by atoms with Gasteiger partial charge < -0.3 is 5.73 Å². The number of rotatable bonds is 3. The lowest BCUT2D eigenvalue weighted by Gasteiger charge is -2.13. The Bertz CT molecular complexity index is 542. The molecule has 0 bridgehead atoms. The summed E-state index contributed by atoms with van der Waals surface area (Å²) >= 11 is 5.67. The van der Waals surface area contributed by atoms with Gasteiger partial charge in [-0.3, -0.25) is 0 Å². The molecule has 0 saturated carbocycles. The van der Waals surface area contributed by atoms with Crippen LogP contribution in [0.5, 0.6) is 0 Å². The van der Waals surface area contributed by atoms with E-state index in [1.54, 1.807) is 6.07 Å². The maximum Gasteiger partial charge on any atom is 0.123 e. The molecule has 2 aromatic rings. The molecule has 0 heterocycles. The van der Waals surface area contributed by atoms with Crippen molar-refractivity contribution in [2.45, 2.75) is 12.5 Å². The molecule has 1 nitrogen and oxygen atoms in total. The second-order valence-corrected chi connectivity index (χ2v) is 6.20. The molecule has 2 N–H and O–H groups in total. The van der Waals surface area contributed by atoms with Gasteiger partial charge >= 0.3 is 0 Å². The van der Waals surface area contributed by atoms with E-state index in [-0.39, 0.29) is 11.9 Å². The van der Waals surface area contributed by atoms with Gasteiger partial charge in [-0.2, -0.15) is 0 Å². The van der Waals surface area contributed by atoms with Crippen LogP contribution in [0.15, 0.2) is 46.9 Å². The molecule has 0 aliphatic heterocycles. The lowest BCUT2D eigenvalue weighted by Crippen LogP contribution is -2.13. The van der Waals surface area contributed by atoms with Gasteiger partial charge in [0.25, 0.3) is 0 Å². The average Bonchev–Trinajstić information content (AvgIpc) is 2.34. The first-order valence-electron chi connectivity index (χ1n) is 5.51. The highest BCUT2D eigenvalue weighted by atomic mass is 127. The predicted molar refractivity (Wildman–Crippen MR) is 83.9 cm³/mol. The Morgan fingerprint density at radius 3 is 2.50 bits per heavy atom. The largest absolute Gasteiger partial charge is 0.324 e. The molecular weight excluding hydrogens is 408 g/mol. The summed E-state index contributed by atoms with van der Waals surface area (Å²) in [5.74, 6) is -0.233. The van der Waals surface area contributed by atoms with Crippen LogP contribution in [0, 0.1) is 9.39 Å². The van der Waals surface area contributed by atoms with Crippen LogP contribution in [0.2, 0.25) is 0 Å². The Morgan fingerprint density at radius 2 is 1.83 bits per heavy atom. The van der Waals surface area contributed by atoms with Crippen molar-refractivity contribution >= 4 is 38.5 Å². The zero-order valence-corrected chi connectivity index (χ0v) is 13.3. The molecule has 0 aromatic heterocycles. The van der Waals surface area contributed by atoms with Crippen LogP contribution in [-0.2, 0) is 6.42 Å². The van der Waals surface area contributed by atoms with E-state index >= 15 is 0 Å². The van der Waals surface area contributed by atoms with E-state index in [2.05, 4.69) is 38.5 Å². The fourth-order valence-corrected chi connectivity index (χ4v) is 2.53. The van der Waals surface area contributed by atoms with E-state index in [0.29, 0.717) is 6.42 Å². The second kappa shape index (κ2) is 6.12. The van der Waals surface area contributed by atoms with Gasteiger partial charge in [0.1, 0.15) is 5.82 Å². The minimum Gasteiger partial charge on any atom is -0.324 e. The fraction of sp³-hybridized carbons (Fsp3) is 0.143. The molecule has 0 spiro atoms. The summed E-state index contributed by atoms with van der Waals surface area (Å²) in [4.78, 5) is 0. The van der Waals surface area contributed by atoms with Gasteiger partial charge in [-0.1, -0.05) is 28.1 Å². The molecule has 0 amide bonds. The summed E-state index contributed by atoms with van der Waals surface area (Å²) in [6.45, 7) is 0. The lowest BCUT2D eigenvalue weighted by atomic mass is 10.00. The van der Waals surface area contributed by atoms with Crippen LogP contribution in [0.3, 0.4) is 0 Å². The van der Waals surface area contributed by atoms with Crippen LogP contribution in [0.1, 0.15) is 17.2 Å². The molecule has 0 saturated heterocycles. The van der Waals surface area contributed by atoms with Crippen molar-refractivity contribution in [3.63, 3.8) is 0 Å². The number of benzene rings is 2. The number of hydrogen-bond acceptors (Lipinski definition) is 1. The quantitative estimate of drug-likeness (QED) is 0.731. The summed E-state index contributed by atoms with van der Waals surface area (Å²) < 4.78 is 15.3. The molecule has 1 unspecified atom stereocenters. The molecule has 1 atom stereocenters. The van der Waals surface area contributed by atoms with Crippen molar-refractivity contribution < 1.29 is 4.39 Å². The Balaban J connectivity index is 2.18.